The lowest BCUT2D eigenvalue weighted by molar-refractivity contribution is 0.0939. The van der Waals surface area contributed by atoms with Gasteiger partial charge in [-0.3, -0.25) is 4.79 Å². The summed E-state index contributed by atoms with van der Waals surface area (Å²) in [4.78, 5) is 12.3. The quantitative estimate of drug-likeness (QED) is 0.836. The van der Waals surface area contributed by atoms with Crippen LogP contribution in [0, 0.1) is 6.92 Å². The zero-order chi connectivity index (χ0) is 14.7. The van der Waals surface area contributed by atoms with Gasteiger partial charge < -0.3 is 5.32 Å². The van der Waals surface area contributed by atoms with E-state index in [1.165, 1.54) is 0 Å². The molecule has 0 radical (unpaired) electrons. The van der Waals surface area contributed by atoms with Crippen LogP contribution in [0.2, 0.25) is 5.02 Å². The molecule has 104 valence electrons. The molecule has 2 aromatic carbocycles. The van der Waals surface area contributed by atoms with Crippen LogP contribution in [0.5, 0.6) is 0 Å². The normalized spacial score (nSPS) is 12.0. The second-order valence-corrected chi connectivity index (χ2v) is 5.96. The standard InChI is InChI=1S/C16H15BrClNO/c1-10-7-8-14(17)13(9-10)16(20)19-11(2)12-5-3-4-6-15(12)18/h3-9,11H,1-2H3,(H,19,20). The van der Waals surface area contributed by atoms with Crippen molar-refractivity contribution >= 4 is 33.4 Å². The number of hydrogen-bond acceptors (Lipinski definition) is 1. The molecule has 1 unspecified atom stereocenters. The van der Waals surface area contributed by atoms with Crippen molar-refractivity contribution in [3.63, 3.8) is 0 Å². The minimum atomic E-state index is -0.149. The molecular weight excluding hydrogens is 338 g/mol. The van der Waals surface area contributed by atoms with E-state index in [-0.39, 0.29) is 11.9 Å². The highest BCUT2D eigenvalue weighted by Crippen LogP contribution is 2.24. The van der Waals surface area contributed by atoms with Crippen molar-refractivity contribution in [1.29, 1.82) is 0 Å². The van der Waals surface area contributed by atoms with E-state index in [2.05, 4.69) is 21.2 Å². The molecule has 0 saturated heterocycles. The summed E-state index contributed by atoms with van der Waals surface area (Å²) < 4.78 is 0.784. The number of carbonyl (C=O) groups excluding carboxylic acids is 1. The molecule has 2 aromatic rings. The first-order valence-corrected chi connectivity index (χ1v) is 7.47. The maximum Gasteiger partial charge on any atom is 0.252 e. The van der Waals surface area contributed by atoms with Gasteiger partial charge in [-0.15, -0.1) is 0 Å². The summed E-state index contributed by atoms with van der Waals surface area (Å²) in [6.07, 6.45) is 0. The van der Waals surface area contributed by atoms with Gasteiger partial charge in [-0.25, -0.2) is 0 Å². The number of hydrogen-bond donors (Lipinski definition) is 1. The SMILES string of the molecule is Cc1ccc(Br)c(C(=O)NC(C)c2ccccc2Cl)c1. The molecule has 4 heteroatoms. The van der Waals surface area contributed by atoms with E-state index in [1.807, 2.05) is 56.3 Å². The topological polar surface area (TPSA) is 29.1 Å². The third-order valence-corrected chi connectivity index (χ3v) is 4.12. The minimum Gasteiger partial charge on any atom is -0.345 e. The van der Waals surface area contributed by atoms with Gasteiger partial charge in [0, 0.05) is 9.50 Å². The zero-order valence-corrected chi connectivity index (χ0v) is 13.6. The maximum absolute atomic E-state index is 12.3. The van der Waals surface area contributed by atoms with E-state index in [4.69, 9.17) is 11.6 Å². The van der Waals surface area contributed by atoms with Crippen LogP contribution in [0.15, 0.2) is 46.9 Å². The lowest BCUT2D eigenvalue weighted by Crippen LogP contribution is -2.27. The smallest absolute Gasteiger partial charge is 0.252 e. The number of rotatable bonds is 3. The van der Waals surface area contributed by atoms with Crippen LogP contribution in [-0.2, 0) is 0 Å². The van der Waals surface area contributed by atoms with E-state index in [1.54, 1.807) is 0 Å². The molecule has 0 spiro atoms. The Morgan fingerprint density at radius 2 is 1.95 bits per heavy atom. The molecule has 0 saturated carbocycles. The van der Waals surface area contributed by atoms with Crippen molar-refractivity contribution in [2.45, 2.75) is 19.9 Å². The van der Waals surface area contributed by atoms with Crippen molar-refractivity contribution in [2.75, 3.05) is 0 Å². The van der Waals surface area contributed by atoms with Gasteiger partial charge in [0.15, 0.2) is 0 Å². The summed E-state index contributed by atoms with van der Waals surface area (Å²) in [7, 11) is 0. The summed E-state index contributed by atoms with van der Waals surface area (Å²) in [5.41, 5.74) is 2.58. The second kappa shape index (κ2) is 6.42. The van der Waals surface area contributed by atoms with Gasteiger partial charge in [0.25, 0.3) is 5.91 Å². The average Bonchev–Trinajstić information content (AvgIpc) is 2.41. The van der Waals surface area contributed by atoms with Gasteiger partial charge in [-0.1, -0.05) is 41.4 Å². The number of amides is 1. The van der Waals surface area contributed by atoms with Gasteiger partial charge in [0.1, 0.15) is 0 Å². The second-order valence-electron chi connectivity index (χ2n) is 4.70. The third kappa shape index (κ3) is 3.41. The molecule has 2 nitrogen and oxygen atoms in total. The van der Waals surface area contributed by atoms with Gasteiger partial charge in [0.05, 0.1) is 11.6 Å². The Morgan fingerprint density at radius 1 is 1.25 bits per heavy atom. The number of carbonyl (C=O) groups is 1. The average molecular weight is 353 g/mol. The fourth-order valence-electron chi connectivity index (χ4n) is 1.99. The Morgan fingerprint density at radius 3 is 2.65 bits per heavy atom. The molecule has 20 heavy (non-hydrogen) atoms. The van der Waals surface area contributed by atoms with Crippen LogP contribution in [0.3, 0.4) is 0 Å². The molecule has 0 aliphatic carbocycles. The van der Waals surface area contributed by atoms with E-state index >= 15 is 0 Å². The van der Waals surface area contributed by atoms with E-state index < -0.39 is 0 Å². The van der Waals surface area contributed by atoms with Crippen LogP contribution < -0.4 is 5.32 Å². The molecule has 1 N–H and O–H groups in total. The first kappa shape index (κ1) is 15.1. The van der Waals surface area contributed by atoms with Crippen molar-refractivity contribution in [3.05, 3.63) is 68.7 Å². The minimum absolute atomic E-state index is 0.118. The van der Waals surface area contributed by atoms with E-state index in [0.29, 0.717) is 10.6 Å². The predicted octanol–water partition coefficient (Wildman–Crippen LogP) is 4.90. The van der Waals surface area contributed by atoms with Crippen LogP contribution in [-0.4, -0.2) is 5.91 Å². The molecule has 1 atom stereocenters. The summed E-state index contributed by atoms with van der Waals surface area (Å²) in [5.74, 6) is -0.118. The van der Waals surface area contributed by atoms with Gasteiger partial charge in [0.2, 0.25) is 0 Å². The number of nitrogens with one attached hydrogen (secondary N) is 1. The Bertz CT molecular complexity index is 642. The molecule has 1 amide bonds. The Kier molecular flexibility index (Phi) is 4.84. The monoisotopic (exact) mass is 351 g/mol. The molecule has 0 aromatic heterocycles. The molecule has 0 aliphatic rings. The van der Waals surface area contributed by atoms with E-state index in [0.717, 1.165) is 15.6 Å². The summed E-state index contributed by atoms with van der Waals surface area (Å²) in [6.45, 7) is 3.88. The maximum atomic E-state index is 12.3. The van der Waals surface area contributed by atoms with Crippen molar-refractivity contribution < 1.29 is 4.79 Å². The van der Waals surface area contributed by atoms with Gasteiger partial charge in [-0.05, 0) is 53.5 Å². The highest BCUT2D eigenvalue weighted by molar-refractivity contribution is 9.10. The molecule has 2 rings (SSSR count). The Labute approximate surface area is 132 Å². The molecular formula is C16H15BrClNO. The lowest BCUT2D eigenvalue weighted by atomic mass is 10.1. The zero-order valence-electron chi connectivity index (χ0n) is 11.3. The molecule has 0 heterocycles. The lowest BCUT2D eigenvalue weighted by Gasteiger charge is -2.16. The fourth-order valence-corrected chi connectivity index (χ4v) is 2.72. The first-order chi connectivity index (χ1) is 9.49. The van der Waals surface area contributed by atoms with Crippen LogP contribution in [0.4, 0.5) is 0 Å². The Hall–Kier alpha value is -1.32. The van der Waals surface area contributed by atoms with Crippen LogP contribution >= 0.6 is 27.5 Å². The highest BCUT2D eigenvalue weighted by Gasteiger charge is 2.15. The summed E-state index contributed by atoms with van der Waals surface area (Å²) in [5, 5.41) is 3.62. The summed E-state index contributed by atoms with van der Waals surface area (Å²) >= 11 is 9.55. The third-order valence-electron chi connectivity index (χ3n) is 3.09. The van der Waals surface area contributed by atoms with Crippen LogP contribution in [0.1, 0.15) is 34.5 Å². The number of benzene rings is 2. The summed E-state index contributed by atoms with van der Waals surface area (Å²) in [6, 6.07) is 13.1. The van der Waals surface area contributed by atoms with Crippen molar-refractivity contribution in [3.8, 4) is 0 Å². The molecule has 0 fully saturated rings. The van der Waals surface area contributed by atoms with Crippen molar-refractivity contribution in [2.24, 2.45) is 0 Å². The van der Waals surface area contributed by atoms with Crippen LogP contribution in [0.25, 0.3) is 0 Å². The van der Waals surface area contributed by atoms with E-state index in [9.17, 15) is 4.79 Å². The first-order valence-electron chi connectivity index (χ1n) is 6.30. The Balaban J connectivity index is 2.20. The number of halogens is 2. The van der Waals surface area contributed by atoms with Gasteiger partial charge in [-0.2, -0.15) is 0 Å². The highest BCUT2D eigenvalue weighted by atomic mass is 79.9. The molecule has 0 aliphatic heterocycles. The van der Waals surface area contributed by atoms with Gasteiger partial charge >= 0.3 is 0 Å². The number of aryl methyl sites for hydroxylation is 1. The predicted molar refractivity (Wildman–Crippen MR) is 86.2 cm³/mol. The largest absolute Gasteiger partial charge is 0.345 e. The fraction of sp³-hybridized carbons (Fsp3) is 0.188. The molecule has 0 bridgehead atoms. The van der Waals surface area contributed by atoms with Crippen molar-refractivity contribution in [1.82, 2.24) is 5.32 Å².